The molecule has 222 valence electrons. The molecule has 0 atom stereocenters. The Kier molecular flexibility index (Phi) is 9.57. The topological polar surface area (TPSA) is 84.2 Å². The molecule has 0 N–H and O–H groups in total. The lowest BCUT2D eigenvalue weighted by molar-refractivity contribution is 0.0523. The van der Waals surface area contributed by atoms with Crippen molar-refractivity contribution >= 4 is 49.4 Å². The summed E-state index contributed by atoms with van der Waals surface area (Å²) in [5.41, 5.74) is 4.04. The van der Waals surface area contributed by atoms with Gasteiger partial charge in [0.05, 0.1) is 17.7 Å². The van der Waals surface area contributed by atoms with Gasteiger partial charge >= 0.3 is 5.97 Å². The highest BCUT2D eigenvalue weighted by Crippen LogP contribution is 2.44. The molecule has 0 aliphatic rings. The second kappa shape index (κ2) is 13.6. The van der Waals surface area contributed by atoms with Crippen LogP contribution in [0.25, 0.3) is 22.3 Å². The van der Waals surface area contributed by atoms with E-state index < -0.39 is 17.5 Å². The van der Waals surface area contributed by atoms with Gasteiger partial charge in [-0.15, -0.1) is 0 Å². The van der Waals surface area contributed by atoms with E-state index in [1.165, 1.54) is 0 Å². The van der Waals surface area contributed by atoms with E-state index in [4.69, 9.17) is 4.74 Å². The van der Waals surface area contributed by atoms with E-state index in [9.17, 15) is 19.6 Å². The van der Waals surface area contributed by atoms with Gasteiger partial charge in [-0.2, -0.15) is 5.26 Å². The molecular weight excluding hydrogens is 694 g/mol. The average molecular weight is 721 g/mol. The van der Waals surface area contributed by atoms with Gasteiger partial charge in [0.15, 0.2) is 11.6 Å². The number of benzene rings is 5. The quantitative estimate of drug-likeness (QED) is 0.118. The van der Waals surface area contributed by atoms with E-state index in [0.717, 1.165) is 20.1 Å². The summed E-state index contributed by atoms with van der Waals surface area (Å²) in [4.78, 5) is 43.0. The van der Waals surface area contributed by atoms with Crippen LogP contribution in [-0.4, -0.2) is 24.1 Å². The molecule has 5 aromatic carbocycles. The van der Waals surface area contributed by atoms with Gasteiger partial charge in [0.1, 0.15) is 6.07 Å². The van der Waals surface area contributed by atoms with Crippen LogP contribution in [0.1, 0.15) is 65.8 Å². The summed E-state index contributed by atoms with van der Waals surface area (Å²) in [5.74, 6) is -1.79. The van der Waals surface area contributed by atoms with Crippen molar-refractivity contribution in [1.29, 1.82) is 5.26 Å². The Hall–Kier alpha value is -4.64. The predicted octanol–water partition coefficient (Wildman–Crippen LogP) is 9.67. The SMILES string of the molecule is CCOC(=O)c1c(C#N)c(C(=O)c2ccc(C)cc2)c(-c2ccc(Br)cc2)c(-c2ccc(Br)cc2)c1C(=O)c1ccc(C)cc1. The number of rotatable bonds is 8. The fourth-order valence-corrected chi connectivity index (χ4v) is 5.76. The first kappa shape index (κ1) is 31.8. The second-order valence-corrected chi connectivity index (χ2v) is 12.3. The molecule has 5 aromatic rings. The monoisotopic (exact) mass is 719 g/mol. The number of esters is 1. The van der Waals surface area contributed by atoms with Crippen LogP contribution in [0.3, 0.4) is 0 Å². The number of aryl methyl sites for hydroxylation is 2. The number of ether oxygens (including phenoxy) is 1. The maximum absolute atomic E-state index is 14.6. The van der Waals surface area contributed by atoms with E-state index in [0.29, 0.717) is 33.4 Å². The second-order valence-electron chi connectivity index (χ2n) is 10.5. The molecule has 0 aromatic heterocycles. The van der Waals surface area contributed by atoms with Gasteiger partial charge < -0.3 is 4.74 Å². The van der Waals surface area contributed by atoms with Gasteiger partial charge in [-0.3, -0.25) is 9.59 Å². The third kappa shape index (κ3) is 6.44. The lowest BCUT2D eigenvalue weighted by Gasteiger charge is -2.24. The molecule has 5 nitrogen and oxygen atoms in total. The molecule has 0 bridgehead atoms. The van der Waals surface area contributed by atoms with Crippen molar-refractivity contribution in [1.82, 2.24) is 0 Å². The highest BCUT2D eigenvalue weighted by atomic mass is 79.9. The zero-order chi connectivity index (χ0) is 32.2. The number of carbonyl (C=O) groups is 3. The smallest absolute Gasteiger partial charge is 0.340 e. The molecule has 0 saturated heterocycles. The maximum Gasteiger partial charge on any atom is 0.340 e. The number of halogens is 2. The molecule has 0 fully saturated rings. The van der Waals surface area contributed by atoms with Crippen LogP contribution in [0.2, 0.25) is 0 Å². The highest BCUT2D eigenvalue weighted by Gasteiger charge is 2.35. The molecule has 0 heterocycles. The molecule has 0 aliphatic carbocycles. The van der Waals surface area contributed by atoms with E-state index in [1.54, 1.807) is 31.2 Å². The normalized spacial score (nSPS) is 10.7. The van der Waals surface area contributed by atoms with Crippen LogP contribution in [0.15, 0.2) is 106 Å². The van der Waals surface area contributed by atoms with E-state index in [1.807, 2.05) is 86.6 Å². The Morgan fingerprint density at radius 2 is 1.02 bits per heavy atom. The van der Waals surface area contributed by atoms with Gasteiger partial charge in [0, 0.05) is 42.3 Å². The Morgan fingerprint density at radius 1 is 0.622 bits per heavy atom. The van der Waals surface area contributed by atoms with Gasteiger partial charge in [-0.25, -0.2) is 4.79 Å². The van der Waals surface area contributed by atoms with Gasteiger partial charge in [0.2, 0.25) is 0 Å². The van der Waals surface area contributed by atoms with Crippen molar-refractivity contribution in [2.45, 2.75) is 20.8 Å². The highest BCUT2D eigenvalue weighted by molar-refractivity contribution is 9.10. The van der Waals surface area contributed by atoms with Gasteiger partial charge in [0.25, 0.3) is 0 Å². The summed E-state index contributed by atoms with van der Waals surface area (Å²) >= 11 is 6.98. The molecule has 5 rings (SSSR count). The van der Waals surface area contributed by atoms with E-state index >= 15 is 0 Å². The lowest BCUT2D eigenvalue weighted by Crippen LogP contribution is -2.21. The first-order chi connectivity index (χ1) is 21.6. The molecule has 0 radical (unpaired) electrons. The average Bonchev–Trinajstić information content (AvgIpc) is 3.04. The van der Waals surface area contributed by atoms with Crippen molar-refractivity contribution in [2.75, 3.05) is 6.61 Å². The molecule has 0 saturated carbocycles. The Morgan fingerprint density at radius 3 is 1.42 bits per heavy atom. The zero-order valence-corrected chi connectivity index (χ0v) is 28.0. The maximum atomic E-state index is 14.6. The predicted molar refractivity (Wildman–Crippen MR) is 183 cm³/mol. The first-order valence-electron chi connectivity index (χ1n) is 14.2. The van der Waals surface area contributed by atoms with Crippen molar-refractivity contribution < 1.29 is 19.1 Å². The number of hydrogen-bond donors (Lipinski definition) is 0. The fraction of sp³-hybridized carbons (Fsp3) is 0.105. The van der Waals surface area contributed by atoms with Gasteiger partial charge in [-0.1, -0.05) is 116 Å². The van der Waals surface area contributed by atoms with Crippen LogP contribution in [0.4, 0.5) is 0 Å². The van der Waals surface area contributed by atoms with Gasteiger partial charge in [-0.05, 0) is 56.2 Å². The number of carbonyl (C=O) groups excluding carboxylic acids is 3. The third-order valence-electron chi connectivity index (χ3n) is 7.44. The Balaban J connectivity index is 2.05. The van der Waals surface area contributed by atoms with E-state index in [2.05, 4.69) is 37.9 Å². The summed E-state index contributed by atoms with van der Waals surface area (Å²) in [5, 5.41) is 10.7. The molecule has 0 unspecified atom stereocenters. The van der Waals surface area contributed by atoms with Crippen molar-refractivity contribution in [3.63, 3.8) is 0 Å². The first-order valence-corrected chi connectivity index (χ1v) is 15.8. The van der Waals surface area contributed by atoms with Crippen LogP contribution < -0.4 is 0 Å². The number of ketones is 2. The van der Waals surface area contributed by atoms with Crippen molar-refractivity contribution in [3.05, 3.63) is 151 Å². The molecule has 0 spiro atoms. The van der Waals surface area contributed by atoms with Crippen LogP contribution >= 0.6 is 31.9 Å². The molecule has 45 heavy (non-hydrogen) atoms. The molecule has 0 aliphatic heterocycles. The standard InChI is InChI=1S/C38H27Br2NO4/c1-4-45-38(44)34-30(21-41)33(36(42)26-9-5-22(2)6-10-26)31(24-13-17-28(39)18-14-24)32(25-15-19-29(40)20-16-25)35(34)37(43)27-11-7-23(3)8-12-27/h5-20H,4H2,1-3H3. The summed E-state index contributed by atoms with van der Waals surface area (Å²) < 4.78 is 7.09. The Labute approximate surface area is 278 Å². The zero-order valence-electron chi connectivity index (χ0n) is 24.8. The van der Waals surface area contributed by atoms with Crippen molar-refractivity contribution in [3.8, 4) is 28.3 Å². The molecular formula is C38H27Br2NO4. The minimum absolute atomic E-state index is 0.00505. The van der Waals surface area contributed by atoms with E-state index in [-0.39, 0.29) is 28.9 Å². The number of nitriles is 1. The largest absolute Gasteiger partial charge is 0.462 e. The fourth-order valence-electron chi connectivity index (χ4n) is 5.23. The summed E-state index contributed by atoms with van der Waals surface area (Å²) in [6, 6.07) is 30.7. The third-order valence-corrected chi connectivity index (χ3v) is 8.50. The van der Waals surface area contributed by atoms with Crippen LogP contribution in [0.5, 0.6) is 0 Å². The van der Waals surface area contributed by atoms with Crippen molar-refractivity contribution in [2.24, 2.45) is 0 Å². The number of hydrogen-bond acceptors (Lipinski definition) is 5. The molecule has 0 amide bonds. The minimum atomic E-state index is -0.858. The Bertz CT molecular complexity index is 1970. The summed E-state index contributed by atoms with van der Waals surface area (Å²) in [7, 11) is 0. The molecule has 7 heteroatoms. The summed E-state index contributed by atoms with van der Waals surface area (Å²) in [6.07, 6.45) is 0. The minimum Gasteiger partial charge on any atom is -0.462 e. The lowest BCUT2D eigenvalue weighted by atomic mass is 9.77. The van der Waals surface area contributed by atoms with Crippen LogP contribution in [-0.2, 0) is 4.74 Å². The summed E-state index contributed by atoms with van der Waals surface area (Å²) in [6.45, 7) is 5.48. The van der Waals surface area contributed by atoms with Crippen LogP contribution in [0, 0.1) is 25.2 Å². The number of nitrogens with zero attached hydrogens (tertiary/aromatic N) is 1.